The van der Waals surface area contributed by atoms with Gasteiger partial charge >= 0.3 is 5.69 Å². The van der Waals surface area contributed by atoms with Crippen LogP contribution >= 0.6 is 0 Å². The van der Waals surface area contributed by atoms with Crippen molar-refractivity contribution in [2.45, 2.75) is 39.0 Å². The number of hydrogen-bond acceptors (Lipinski definition) is 5. The van der Waals surface area contributed by atoms with E-state index in [0.29, 0.717) is 23.9 Å². The maximum atomic E-state index is 11.4. The summed E-state index contributed by atoms with van der Waals surface area (Å²) in [4.78, 5) is 13.3. The minimum absolute atomic E-state index is 0.191. The van der Waals surface area contributed by atoms with Crippen LogP contribution in [0.1, 0.15) is 38.3 Å². The molecule has 1 aromatic heterocycles. The zero-order chi connectivity index (χ0) is 15.4. The average molecular weight is 295 g/mol. The van der Waals surface area contributed by atoms with Gasteiger partial charge in [0.2, 0.25) is 5.82 Å². The van der Waals surface area contributed by atoms with Gasteiger partial charge < -0.3 is 10.6 Å². The molecule has 118 valence electrons. The number of aromatic nitrogens is 2. The summed E-state index contributed by atoms with van der Waals surface area (Å²) in [5.74, 6) is 1.31. The fraction of sp³-hybridized carbons (Fsp3) is 0.786. The van der Waals surface area contributed by atoms with E-state index >= 15 is 0 Å². The zero-order valence-corrected chi connectivity index (χ0v) is 12.9. The van der Waals surface area contributed by atoms with E-state index in [4.69, 9.17) is 5.73 Å². The predicted molar refractivity (Wildman–Crippen MR) is 82.5 cm³/mol. The van der Waals surface area contributed by atoms with Crippen molar-refractivity contribution in [2.75, 3.05) is 24.5 Å². The smallest absolute Gasteiger partial charge is 0.334 e. The number of nitrogens with zero attached hydrogens (tertiary/aromatic N) is 4. The van der Waals surface area contributed by atoms with Crippen molar-refractivity contribution in [3.63, 3.8) is 0 Å². The van der Waals surface area contributed by atoms with Gasteiger partial charge in [0.05, 0.1) is 4.92 Å². The van der Waals surface area contributed by atoms with Crippen molar-refractivity contribution in [2.24, 2.45) is 18.7 Å². The molecule has 0 aliphatic carbocycles. The van der Waals surface area contributed by atoms with Crippen molar-refractivity contribution in [1.29, 1.82) is 0 Å². The Morgan fingerprint density at radius 3 is 2.62 bits per heavy atom. The van der Waals surface area contributed by atoms with Gasteiger partial charge in [0.25, 0.3) is 0 Å². The van der Waals surface area contributed by atoms with Gasteiger partial charge in [0, 0.05) is 20.1 Å². The van der Waals surface area contributed by atoms with E-state index in [0.717, 1.165) is 45.3 Å². The van der Waals surface area contributed by atoms with Crippen LogP contribution < -0.4 is 10.6 Å². The molecule has 2 rings (SSSR count). The predicted octanol–water partition coefficient (Wildman–Crippen LogP) is 1.85. The van der Waals surface area contributed by atoms with E-state index in [-0.39, 0.29) is 10.6 Å². The van der Waals surface area contributed by atoms with Crippen molar-refractivity contribution in [1.82, 2.24) is 9.78 Å². The Kier molecular flexibility index (Phi) is 5.17. The summed E-state index contributed by atoms with van der Waals surface area (Å²) in [5, 5.41) is 15.8. The zero-order valence-electron chi connectivity index (χ0n) is 12.9. The van der Waals surface area contributed by atoms with Gasteiger partial charge in [-0.25, -0.2) is 4.68 Å². The number of anilines is 1. The third kappa shape index (κ3) is 3.34. The molecule has 0 radical (unpaired) electrons. The number of rotatable bonds is 6. The average Bonchev–Trinajstić information content (AvgIpc) is 2.77. The second-order valence-corrected chi connectivity index (χ2v) is 5.76. The summed E-state index contributed by atoms with van der Waals surface area (Å²) in [6, 6.07) is 0. The Balaban J connectivity index is 2.21. The molecule has 1 fully saturated rings. The first kappa shape index (κ1) is 15.8. The summed E-state index contributed by atoms with van der Waals surface area (Å²) in [6.45, 7) is 4.42. The summed E-state index contributed by atoms with van der Waals surface area (Å²) in [6.07, 6.45) is 4.64. The van der Waals surface area contributed by atoms with Gasteiger partial charge in [0.1, 0.15) is 5.69 Å². The highest BCUT2D eigenvalue weighted by Crippen LogP contribution is 2.34. The minimum Gasteiger partial charge on any atom is -0.351 e. The lowest BCUT2D eigenvalue weighted by Crippen LogP contribution is -2.35. The van der Waals surface area contributed by atoms with Crippen LogP contribution in [0.4, 0.5) is 11.5 Å². The minimum atomic E-state index is -0.278. The number of aryl methyl sites for hydroxylation is 2. The molecule has 7 nitrogen and oxygen atoms in total. The van der Waals surface area contributed by atoms with Crippen molar-refractivity contribution < 1.29 is 4.92 Å². The monoisotopic (exact) mass is 295 g/mol. The lowest BCUT2D eigenvalue weighted by atomic mass is 9.93. The SMILES string of the molecule is CCCc1nn(C)c(N2CCC(CCN)CC2)c1[N+](=O)[O-]. The van der Waals surface area contributed by atoms with Crippen molar-refractivity contribution >= 4 is 11.5 Å². The second-order valence-electron chi connectivity index (χ2n) is 5.76. The number of piperidine rings is 1. The topological polar surface area (TPSA) is 90.2 Å². The quantitative estimate of drug-likeness (QED) is 0.639. The summed E-state index contributed by atoms with van der Waals surface area (Å²) >= 11 is 0. The largest absolute Gasteiger partial charge is 0.351 e. The molecule has 0 saturated carbocycles. The van der Waals surface area contributed by atoms with E-state index in [2.05, 4.69) is 10.00 Å². The molecule has 21 heavy (non-hydrogen) atoms. The van der Waals surface area contributed by atoms with Gasteiger partial charge in [0.15, 0.2) is 0 Å². The molecule has 0 amide bonds. The first-order valence-corrected chi connectivity index (χ1v) is 7.73. The van der Waals surface area contributed by atoms with Gasteiger partial charge in [-0.15, -0.1) is 0 Å². The van der Waals surface area contributed by atoms with Crippen LogP contribution in [0.3, 0.4) is 0 Å². The van der Waals surface area contributed by atoms with E-state index in [9.17, 15) is 10.1 Å². The first-order valence-electron chi connectivity index (χ1n) is 7.73. The Morgan fingerprint density at radius 2 is 2.10 bits per heavy atom. The lowest BCUT2D eigenvalue weighted by molar-refractivity contribution is -0.384. The van der Waals surface area contributed by atoms with E-state index in [1.165, 1.54) is 0 Å². The Bertz CT molecular complexity index is 492. The molecule has 0 spiro atoms. The molecule has 1 saturated heterocycles. The third-order valence-corrected chi connectivity index (χ3v) is 4.22. The fourth-order valence-corrected chi connectivity index (χ4v) is 3.17. The van der Waals surface area contributed by atoms with E-state index in [1.54, 1.807) is 11.7 Å². The van der Waals surface area contributed by atoms with Crippen LogP contribution in [-0.2, 0) is 13.5 Å². The van der Waals surface area contributed by atoms with Gasteiger partial charge in [-0.1, -0.05) is 13.3 Å². The van der Waals surface area contributed by atoms with E-state index < -0.39 is 0 Å². The molecule has 2 heterocycles. The molecule has 0 bridgehead atoms. The normalized spacial score (nSPS) is 16.4. The summed E-state index contributed by atoms with van der Waals surface area (Å²) in [7, 11) is 1.80. The molecule has 7 heteroatoms. The van der Waals surface area contributed by atoms with Gasteiger partial charge in [-0.3, -0.25) is 10.1 Å². The fourth-order valence-electron chi connectivity index (χ4n) is 3.17. The Labute approximate surface area is 125 Å². The van der Waals surface area contributed by atoms with Crippen LogP contribution in [0, 0.1) is 16.0 Å². The van der Waals surface area contributed by atoms with Crippen LogP contribution in [0.5, 0.6) is 0 Å². The molecule has 0 aromatic carbocycles. The maximum Gasteiger partial charge on any atom is 0.334 e. The number of nitro groups is 1. The standard InChI is InChI=1S/C14H25N5O2/c1-3-4-12-13(19(20)21)14(17(2)16-12)18-9-6-11(5-8-15)7-10-18/h11H,3-10,15H2,1-2H3. The summed E-state index contributed by atoms with van der Waals surface area (Å²) in [5.41, 5.74) is 6.41. The van der Waals surface area contributed by atoms with Crippen LogP contribution in [0.15, 0.2) is 0 Å². The molecule has 1 aliphatic rings. The van der Waals surface area contributed by atoms with Crippen LogP contribution in [0.2, 0.25) is 0 Å². The first-order chi connectivity index (χ1) is 10.1. The number of nitrogens with two attached hydrogens (primary N) is 1. The number of hydrogen-bond donors (Lipinski definition) is 1. The highest BCUT2D eigenvalue weighted by molar-refractivity contribution is 5.61. The van der Waals surface area contributed by atoms with E-state index in [1.807, 2.05) is 6.92 Å². The van der Waals surface area contributed by atoms with Crippen molar-refractivity contribution in [3.05, 3.63) is 15.8 Å². The Hall–Kier alpha value is -1.63. The molecule has 1 aliphatic heterocycles. The lowest BCUT2D eigenvalue weighted by Gasteiger charge is -2.32. The Morgan fingerprint density at radius 1 is 1.43 bits per heavy atom. The molecular weight excluding hydrogens is 270 g/mol. The highest BCUT2D eigenvalue weighted by Gasteiger charge is 2.31. The molecule has 0 atom stereocenters. The van der Waals surface area contributed by atoms with Crippen LogP contribution in [0.25, 0.3) is 0 Å². The molecule has 0 unspecified atom stereocenters. The summed E-state index contributed by atoms with van der Waals surface area (Å²) < 4.78 is 1.67. The molecular formula is C14H25N5O2. The third-order valence-electron chi connectivity index (χ3n) is 4.22. The maximum absolute atomic E-state index is 11.4. The second kappa shape index (κ2) is 6.89. The molecule has 2 N–H and O–H groups in total. The van der Waals surface area contributed by atoms with Gasteiger partial charge in [-0.05, 0) is 38.1 Å². The molecule has 1 aromatic rings. The van der Waals surface area contributed by atoms with Gasteiger partial charge in [-0.2, -0.15) is 5.10 Å². The van der Waals surface area contributed by atoms with Crippen molar-refractivity contribution in [3.8, 4) is 0 Å². The highest BCUT2D eigenvalue weighted by atomic mass is 16.6. The van der Waals surface area contributed by atoms with Crippen LogP contribution in [-0.4, -0.2) is 34.3 Å².